The topological polar surface area (TPSA) is 184 Å². The Kier molecular flexibility index (Phi) is 8.75. The first-order valence-corrected chi connectivity index (χ1v) is 15.0. The zero-order valence-corrected chi connectivity index (χ0v) is 25.6. The van der Waals surface area contributed by atoms with E-state index in [1.165, 1.54) is 29.5 Å². The molecule has 3 N–H and O–H groups in total. The Morgan fingerprint density at radius 2 is 1.68 bits per heavy atom. The van der Waals surface area contributed by atoms with Gasteiger partial charge in [-0.15, -0.1) is 10.2 Å². The minimum atomic E-state index is -1.35. The molecular weight excluding hydrogens is 620 g/mol. The number of ether oxygens (including phenoxy) is 1. The molecule has 0 saturated carbocycles. The Morgan fingerprint density at radius 3 is 2.36 bits per heavy atom. The van der Waals surface area contributed by atoms with Crippen molar-refractivity contribution in [3.63, 3.8) is 0 Å². The second-order valence-corrected chi connectivity index (χ2v) is 11.3. The maximum Gasteiger partial charge on any atom is 0.330 e. The van der Waals surface area contributed by atoms with E-state index >= 15 is 0 Å². The summed E-state index contributed by atoms with van der Waals surface area (Å²) in [5.41, 5.74) is 11.2. The highest BCUT2D eigenvalue weighted by Crippen LogP contribution is 2.41. The molecule has 0 aliphatic rings. The van der Waals surface area contributed by atoms with E-state index in [1.807, 2.05) is 79.0 Å². The average Bonchev–Trinajstić information content (AvgIpc) is 3.75. The predicted octanol–water partition coefficient (Wildman–Crippen LogP) is 7.00. The lowest BCUT2D eigenvalue weighted by atomic mass is 10.0. The van der Waals surface area contributed by atoms with Gasteiger partial charge in [0.15, 0.2) is 6.04 Å². The van der Waals surface area contributed by atoms with Crippen molar-refractivity contribution in [2.24, 2.45) is 10.2 Å². The summed E-state index contributed by atoms with van der Waals surface area (Å²) in [7, 11) is 1.58. The van der Waals surface area contributed by atoms with Crippen LogP contribution in [0.5, 0.6) is 5.75 Å². The number of azo groups is 1. The number of carbonyl (C=O) groups is 1. The average molecular weight is 647 g/mol. The quantitative estimate of drug-likeness (QED) is 0.0647. The van der Waals surface area contributed by atoms with E-state index in [-0.39, 0.29) is 22.8 Å². The number of hydrogen-bond donors (Lipinski definition) is 2. The molecule has 0 radical (unpaired) electrons. The minimum absolute atomic E-state index is 0.178. The molecule has 0 fully saturated rings. The van der Waals surface area contributed by atoms with Crippen molar-refractivity contribution in [3.8, 4) is 44.4 Å². The van der Waals surface area contributed by atoms with Gasteiger partial charge in [0.2, 0.25) is 5.13 Å². The van der Waals surface area contributed by atoms with Crippen molar-refractivity contribution in [2.75, 3.05) is 12.8 Å². The van der Waals surface area contributed by atoms with Crippen LogP contribution in [0, 0.1) is 10.1 Å². The molecule has 47 heavy (non-hydrogen) atoms. The van der Waals surface area contributed by atoms with Crippen molar-refractivity contribution < 1.29 is 19.6 Å². The molecule has 0 spiro atoms. The third-order valence-electron chi connectivity index (χ3n) is 7.24. The molecular formula is C33H26N8O5S. The Bertz CT molecular complexity index is 2070. The largest absolute Gasteiger partial charge is 0.497 e. The Hall–Kier alpha value is -6.28. The van der Waals surface area contributed by atoms with Crippen molar-refractivity contribution in [2.45, 2.75) is 12.5 Å². The number of para-hydroxylation sites is 1. The third kappa shape index (κ3) is 6.87. The van der Waals surface area contributed by atoms with Gasteiger partial charge in [0.1, 0.15) is 11.4 Å². The number of aromatic nitrogens is 4. The molecule has 0 aliphatic carbocycles. The summed E-state index contributed by atoms with van der Waals surface area (Å²) in [5, 5.41) is 38.3. The van der Waals surface area contributed by atoms with E-state index in [9.17, 15) is 20.0 Å². The summed E-state index contributed by atoms with van der Waals surface area (Å²) in [6.07, 6.45) is 1.63. The van der Waals surface area contributed by atoms with E-state index in [2.05, 4.69) is 20.5 Å². The first-order valence-electron chi connectivity index (χ1n) is 14.2. The number of nitro groups is 1. The molecule has 4 aromatic carbocycles. The summed E-state index contributed by atoms with van der Waals surface area (Å²) in [6.45, 7) is 0. The molecule has 0 saturated heterocycles. The zero-order chi connectivity index (χ0) is 32.9. The summed E-state index contributed by atoms with van der Waals surface area (Å²) < 4.78 is 6.98. The van der Waals surface area contributed by atoms with Gasteiger partial charge < -0.3 is 15.6 Å². The summed E-state index contributed by atoms with van der Waals surface area (Å²) in [4.78, 5) is 28.4. The number of nitrogens with two attached hydrogens (primary N) is 1. The standard InChI is InChI=1S/C33H26N8O5S/c1-46-26-16-10-21(11-17-26)30-31(22-8-14-25(15-9-22)40-19-28(37-39-40)20-6-12-24(34)13-7-20)47-33(35-30)38-36-27(32(42)43)18-23-4-2-3-5-29(23)41(44)45/h2-17,19,27H,18,34H2,1H3,(H,42,43). The van der Waals surface area contributed by atoms with Crippen LogP contribution in [0.15, 0.2) is 113 Å². The van der Waals surface area contributed by atoms with Crippen LogP contribution in [0.3, 0.4) is 0 Å². The highest BCUT2D eigenvalue weighted by atomic mass is 32.1. The number of benzene rings is 4. The first-order chi connectivity index (χ1) is 22.8. The number of nitrogen functional groups attached to an aromatic ring is 1. The van der Waals surface area contributed by atoms with Gasteiger partial charge in [-0.1, -0.05) is 59.0 Å². The van der Waals surface area contributed by atoms with Crippen LogP contribution in [0.2, 0.25) is 0 Å². The molecule has 6 rings (SSSR count). The Balaban J connectivity index is 1.31. The minimum Gasteiger partial charge on any atom is -0.497 e. The van der Waals surface area contributed by atoms with Crippen LogP contribution in [0.1, 0.15) is 5.56 Å². The Labute approximate surface area is 271 Å². The monoisotopic (exact) mass is 646 g/mol. The highest BCUT2D eigenvalue weighted by molar-refractivity contribution is 7.19. The fraction of sp³-hybridized carbons (Fsp3) is 0.0909. The molecule has 1 atom stereocenters. The molecule has 6 aromatic rings. The second-order valence-electron chi connectivity index (χ2n) is 10.3. The number of aliphatic carboxylic acids is 1. The van der Waals surface area contributed by atoms with E-state index in [0.29, 0.717) is 22.8 Å². The number of nitro benzene ring substituents is 1. The number of anilines is 1. The molecule has 14 heteroatoms. The maximum absolute atomic E-state index is 12.1. The fourth-order valence-corrected chi connectivity index (χ4v) is 5.72. The predicted molar refractivity (Wildman–Crippen MR) is 177 cm³/mol. The smallest absolute Gasteiger partial charge is 0.330 e. The van der Waals surface area contributed by atoms with Crippen LogP contribution >= 0.6 is 11.3 Å². The van der Waals surface area contributed by atoms with Gasteiger partial charge in [-0.2, -0.15) is 5.11 Å². The van der Waals surface area contributed by atoms with Crippen LogP contribution in [0.25, 0.3) is 38.6 Å². The number of hydrogen-bond acceptors (Lipinski definition) is 11. The lowest BCUT2D eigenvalue weighted by Gasteiger charge is -2.06. The molecule has 0 aliphatic heterocycles. The van der Waals surface area contributed by atoms with E-state index in [1.54, 1.807) is 17.9 Å². The van der Waals surface area contributed by atoms with Gasteiger partial charge in [-0.05, 0) is 54.1 Å². The number of thiazole rings is 1. The maximum atomic E-state index is 12.1. The van der Waals surface area contributed by atoms with Crippen molar-refractivity contribution in [1.82, 2.24) is 20.0 Å². The normalized spacial score (nSPS) is 11.9. The highest BCUT2D eigenvalue weighted by Gasteiger charge is 2.23. The molecule has 2 heterocycles. The number of carboxylic acids is 1. The van der Waals surface area contributed by atoms with Crippen LogP contribution in [0.4, 0.5) is 16.5 Å². The van der Waals surface area contributed by atoms with E-state index in [4.69, 9.17) is 15.5 Å². The van der Waals surface area contributed by atoms with Gasteiger partial charge >= 0.3 is 5.97 Å². The summed E-state index contributed by atoms with van der Waals surface area (Å²) in [5.74, 6) is -0.581. The second kappa shape index (κ2) is 13.4. The Morgan fingerprint density at radius 1 is 1.00 bits per heavy atom. The van der Waals surface area contributed by atoms with E-state index in [0.717, 1.165) is 27.3 Å². The lowest BCUT2D eigenvalue weighted by Crippen LogP contribution is -2.20. The van der Waals surface area contributed by atoms with Crippen molar-refractivity contribution in [3.05, 3.63) is 119 Å². The van der Waals surface area contributed by atoms with Crippen molar-refractivity contribution >= 4 is 33.8 Å². The molecule has 2 aromatic heterocycles. The van der Waals surface area contributed by atoms with Crippen LogP contribution in [-0.2, 0) is 11.2 Å². The fourth-order valence-electron chi connectivity index (χ4n) is 4.80. The number of methoxy groups -OCH3 is 1. The first kappa shape index (κ1) is 30.7. The summed E-state index contributed by atoms with van der Waals surface area (Å²) >= 11 is 1.24. The van der Waals surface area contributed by atoms with Crippen LogP contribution in [-0.4, -0.2) is 49.1 Å². The van der Waals surface area contributed by atoms with Gasteiger partial charge in [0, 0.05) is 34.9 Å². The van der Waals surface area contributed by atoms with Crippen LogP contribution < -0.4 is 10.5 Å². The number of carboxylic acid groups (broad SMARTS) is 1. The SMILES string of the molecule is COc1ccc(-c2nc(N=NC(Cc3ccccc3[N+](=O)[O-])C(=O)O)sc2-c2ccc(-n3cc(-c4ccc(N)cc4)nn3)cc2)cc1. The van der Waals surface area contributed by atoms with Gasteiger partial charge in [0.25, 0.3) is 5.69 Å². The molecule has 234 valence electrons. The third-order valence-corrected chi connectivity index (χ3v) is 8.23. The molecule has 13 nitrogen and oxygen atoms in total. The zero-order valence-electron chi connectivity index (χ0n) is 24.8. The van der Waals surface area contributed by atoms with Gasteiger partial charge in [-0.3, -0.25) is 10.1 Å². The van der Waals surface area contributed by atoms with Gasteiger partial charge in [-0.25, -0.2) is 14.5 Å². The van der Waals surface area contributed by atoms with Gasteiger partial charge in [0.05, 0.1) is 34.5 Å². The molecule has 1 unspecified atom stereocenters. The van der Waals surface area contributed by atoms with E-state index < -0.39 is 16.9 Å². The molecule has 0 bridgehead atoms. The lowest BCUT2D eigenvalue weighted by molar-refractivity contribution is -0.385. The number of nitrogens with zero attached hydrogens (tertiary/aromatic N) is 7. The summed E-state index contributed by atoms with van der Waals surface area (Å²) in [6, 6.07) is 27.0. The molecule has 0 amide bonds. The van der Waals surface area contributed by atoms with Crippen molar-refractivity contribution in [1.29, 1.82) is 0 Å². The number of rotatable bonds is 11.